The molecule has 0 amide bonds. The molecular formula is C11H14N2S2. The quantitative estimate of drug-likeness (QED) is 0.864. The predicted molar refractivity (Wildman–Crippen MR) is 66.6 cm³/mol. The summed E-state index contributed by atoms with van der Waals surface area (Å²) < 4.78 is 0. The molecule has 2 nitrogen and oxygen atoms in total. The third-order valence-corrected chi connectivity index (χ3v) is 3.53. The lowest BCUT2D eigenvalue weighted by Crippen LogP contribution is -2.22. The van der Waals surface area contributed by atoms with Crippen molar-refractivity contribution in [3.8, 4) is 0 Å². The summed E-state index contributed by atoms with van der Waals surface area (Å²) in [6.07, 6.45) is 1.14. The molecule has 1 N–H and O–H groups in total. The molecule has 80 valence electrons. The average Bonchev–Trinajstić information content (AvgIpc) is 2.90. The van der Waals surface area contributed by atoms with Crippen molar-refractivity contribution in [3.05, 3.63) is 39.0 Å². The molecule has 1 atom stereocenters. The van der Waals surface area contributed by atoms with Gasteiger partial charge in [0.2, 0.25) is 0 Å². The van der Waals surface area contributed by atoms with E-state index < -0.39 is 0 Å². The van der Waals surface area contributed by atoms with Gasteiger partial charge in [-0.05, 0) is 35.4 Å². The van der Waals surface area contributed by atoms with Crippen molar-refractivity contribution in [2.75, 3.05) is 6.54 Å². The largest absolute Gasteiger partial charge is 0.305 e. The summed E-state index contributed by atoms with van der Waals surface area (Å²) in [5.74, 6) is 0. The molecule has 0 fully saturated rings. The minimum Gasteiger partial charge on any atom is -0.305 e. The van der Waals surface area contributed by atoms with E-state index in [1.54, 1.807) is 22.7 Å². The highest BCUT2D eigenvalue weighted by Gasteiger charge is 2.14. The van der Waals surface area contributed by atoms with E-state index in [4.69, 9.17) is 0 Å². The lowest BCUT2D eigenvalue weighted by molar-refractivity contribution is 0.590. The molecule has 0 saturated carbocycles. The summed E-state index contributed by atoms with van der Waals surface area (Å²) >= 11 is 3.39. The molecule has 1 unspecified atom stereocenters. The first-order valence-electron chi connectivity index (χ1n) is 5.05. The van der Waals surface area contributed by atoms with Crippen molar-refractivity contribution in [2.45, 2.75) is 19.4 Å². The van der Waals surface area contributed by atoms with Gasteiger partial charge in [-0.25, -0.2) is 4.98 Å². The van der Waals surface area contributed by atoms with Gasteiger partial charge in [0.25, 0.3) is 0 Å². The van der Waals surface area contributed by atoms with Crippen molar-refractivity contribution >= 4 is 22.7 Å². The number of thiazole rings is 1. The number of nitrogens with one attached hydrogen (secondary N) is 1. The molecule has 2 heterocycles. The van der Waals surface area contributed by atoms with Gasteiger partial charge in [-0.3, -0.25) is 0 Å². The fraction of sp³-hybridized carbons (Fsp3) is 0.364. The standard InChI is InChI=1S/C11H14N2S2/c1-2-4-12-11(9-3-5-14-6-9)10-7-15-8-13-10/h3,5-8,11-12H,2,4H2,1H3. The van der Waals surface area contributed by atoms with Gasteiger partial charge in [0.05, 0.1) is 17.2 Å². The number of nitrogens with zero attached hydrogens (tertiary/aromatic N) is 1. The third-order valence-electron chi connectivity index (χ3n) is 2.22. The maximum absolute atomic E-state index is 4.39. The van der Waals surface area contributed by atoms with Crippen molar-refractivity contribution in [1.29, 1.82) is 0 Å². The molecule has 15 heavy (non-hydrogen) atoms. The molecule has 0 bridgehead atoms. The minimum atomic E-state index is 0.266. The zero-order valence-electron chi connectivity index (χ0n) is 8.64. The zero-order valence-corrected chi connectivity index (χ0v) is 10.3. The van der Waals surface area contributed by atoms with Crippen LogP contribution in [0.1, 0.15) is 30.6 Å². The van der Waals surface area contributed by atoms with Crippen LogP contribution in [0.2, 0.25) is 0 Å². The highest BCUT2D eigenvalue weighted by Crippen LogP contribution is 2.23. The van der Waals surface area contributed by atoms with E-state index in [0.29, 0.717) is 0 Å². The highest BCUT2D eigenvalue weighted by atomic mass is 32.1. The Morgan fingerprint density at radius 1 is 1.40 bits per heavy atom. The third kappa shape index (κ3) is 2.65. The Morgan fingerprint density at radius 3 is 2.93 bits per heavy atom. The molecule has 0 spiro atoms. The van der Waals surface area contributed by atoms with Gasteiger partial charge in [-0.2, -0.15) is 11.3 Å². The molecule has 0 aliphatic rings. The van der Waals surface area contributed by atoms with Crippen LogP contribution in [-0.4, -0.2) is 11.5 Å². The van der Waals surface area contributed by atoms with Crippen molar-refractivity contribution < 1.29 is 0 Å². The second-order valence-corrected chi connectivity index (χ2v) is 4.86. The van der Waals surface area contributed by atoms with Crippen LogP contribution in [-0.2, 0) is 0 Å². The van der Waals surface area contributed by atoms with Crippen molar-refractivity contribution in [2.24, 2.45) is 0 Å². The summed E-state index contributed by atoms with van der Waals surface area (Å²) in [6, 6.07) is 2.43. The van der Waals surface area contributed by atoms with Crippen LogP contribution >= 0.6 is 22.7 Å². The van der Waals surface area contributed by atoms with Crippen molar-refractivity contribution in [3.63, 3.8) is 0 Å². The monoisotopic (exact) mass is 238 g/mol. The van der Waals surface area contributed by atoms with Crippen LogP contribution in [0, 0.1) is 0 Å². The van der Waals surface area contributed by atoms with E-state index in [-0.39, 0.29) is 6.04 Å². The van der Waals surface area contributed by atoms with Gasteiger partial charge in [0.15, 0.2) is 0 Å². The number of hydrogen-bond acceptors (Lipinski definition) is 4. The Balaban J connectivity index is 2.17. The van der Waals surface area contributed by atoms with Gasteiger partial charge < -0.3 is 5.32 Å². The summed E-state index contributed by atoms with van der Waals surface area (Å²) in [5, 5.41) is 9.94. The molecule has 2 aromatic rings. The van der Waals surface area contributed by atoms with Gasteiger partial charge in [-0.1, -0.05) is 6.92 Å². The zero-order chi connectivity index (χ0) is 10.5. The highest BCUT2D eigenvalue weighted by molar-refractivity contribution is 7.08. The molecule has 2 rings (SSSR count). The molecule has 4 heteroatoms. The Bertz CT molecular complexity index is 333. The topological polar surface area (TPSA) is 24.9 Å². The van der Waals surface area contributed by atoms with E-state index >= 15 is 0 Å². The van der Waals surface area contributed by atoms with Gasteiger partial charge in [0.1, 0.15) is 0 Å². The Hall–Kier alpha value is -0.710. The lowest BCUT2D eigenvalue weighted by atomic mass is 10.1. The lowest BCUT2D eigenvalue weighted by Gasteiger charge is -2.14. The number of aromatic nitrogens is 1. The molecular weight excluding hydrogens is 224 g/mol. The Morgan fingerprint density at radius 2 is 2.33 bits per heavy atom. The van der Waals surface area contributed by atoms with E-state index in [2.05, 4.69) is 39.4 Å². The van der Waals surface area contributed by atoms with Crippen LogP contribution in [0.15, 0.2) is 27.7 Å². The fourth-order valence-electron chi connectivity index (χ4n) is 1.49. The summed E-state index contributed by atoms with van der Waals surface area (Å²) in [5.41, 5.74) is 4.34. The molecule has 0 radical (unpaired) electrons. The van der Waals surface area contributed by atoms with E-state index in [1.165, 1.54) is 5.56 Å². The summed E-state index contributed by atoms with van der Waals surface area (Å²) in [4.78, 5) is 4.39. The van der Waals surface area contributed by atoms with Crippen molar-refractivity contribution in [1.82, 2.24) is 10.3 Å². The molecule has 0 aliphatic heterocycles. The second kappa shape index (κ2) is 5.39. The van der Waals surface area contributed by atoms with Crippen LogP contribution < -0.4 is 5.32 Å². The molecule has 0 aromatic carbocycles. The average molecular weight is 238 g/mol. The van der Waals surface area contributed by atoms with Gasteiger partial charge >= 0.3 is 0 Å². The number of rotatable bonds is 5. The normalized spacial score (nSPS) is 12.9. The minimum absolute atomic E-state index is 0.266. The number of thiophene rings is 1. The predicted octanol–water partition coefficient (Wildman–Crippen LogP) is 3.29. The first kappa shape index (κ1) is 10.8. The van der Waals surface area contributed by atoms with Gasteiger partial charge in [-0.15, -0.1) is 11.3 Å². The first-order chi connectivity index (χ1) is 7.42. The Labute approximate surface area is 98.0 Å². The SMILES string of the molecule is CCCNC(c1ccsc1)c1cscn1. The maximum atomic E-state index is 4.39. The Kier molecular flexibility index (Phi) is 3.88. The van der Waals surface area contributed by atoms with Crippen LogP contribution in [0.5, 0.6) is 0 Å². The second-order valence-electron chi connectivity index (χ2n) is 3.36. The number of hydrogen-bond donors (Lipinski definition) is 1. The van der Waals surface area contributed by atoms with E-state index in [1.807, 2.05) is 5.51 Å². The van der Waals surface area contributed by atoms with E-state index in [0.717, 1.165) is 18.7 Å². The maximum Gasteiger partial charge on any atom is 0.0795 e. The molecule has 0 aliphatic carbocycles. The molecule has 0 saturated heterocycles. The van der Waals surface area contributed by atoms with Crippen LogP contribution in [0.3, 0.4) is 0 Å². The van der Waals surface area contributed by atoms with Gasteiger partial charge in [0, 0.05) is 5.38 Å². The summed E-state index contributed by atoms with van der Waals surface area (Å²) in [6.45, 7) is 3.21. The summed E-state index contributed by atoms with van der Waals surface area (Å²) in [7, 11) is 0. The van der Waals surface area contributed by atoms with E-state index in [9.17, 15) is 0 Å². The smallest absolute Gasteiger partial charge is 0.0795 e. The molecule has 2 aromatic heterocycles. The first-order valence-corrected chi connectivity index (χ1v) is 6.94. The van der Waals surface area contributed by atoms with Crippen LogP contribution in [0.4, 0.5) is 0 Å². The fourth-order valence-corrected chi connectivity index (χ4v) is 2.75. The van der Waals surface area contributed by atoms with Crippen LogP contribution in [0.25, 0.3) is 0 Å².